The summed E-state index contributed by atoms with van der Waals surface area (Å²) < 4.78 is 18.4. The molecule has 0 saturated carbocycles. The molecule has 7 nitrogen and oxygen atoms in total. The number of carboxylic acid groups (broad SMARTS) is 1. The molecule has 1 saturated heterocycles. The molecule has 2 rings (SSSR count). The molecule has 1 aromatic carbocycles. The quantitative estimate of drug-likeness (QED) is 0.795. The van der Waals surface area contributed by atoms with Crippen LogP contribution in [0, 0.1) is 17.7 Å². The molecule has 2 amide bonds. The van der Waals surface area contributed by atoms with E-state index in [1.54, 1.807) is 0 Å². The number of nitrogens with zero attached hydrogens (tertiary/aromatic N) is 1. The first kappa shape index (κ1) is 19.0. The normalized spacial score (nSPS) is 20.1. The Hall–Kier alpha value is -2.35. The zero-order chi connectivity index (χ0) is 18.7. The Kier molecular flexibility index (Phi) is 5.84. The zero-order valence-electron chi connectivity index (χ0n) is 13.7. The van der Waals surface area contributed by atoms with Gasteiger partial charge in [0.05, 0.1) is 23.6 Å². The first-order valence-corrected chi connectivity index (χ1v) is 7.96. The van der Waals surface area contributed by atoms with Crippen molar-refractivity contribution in [2.45, 2.75) is 13.3 Å². The fourth-order valence-corrected chi connectivity index (χ4v) is 3.04. The molecule has 1 aliphatic heterocycles. The largest absolute Gasteiger partial charge is 0.481 e. The van der Waals surface area contributed by atoms with E-state index in [-0.39, 0.29) is 23.2 Å². The molecule has 0 bridgehead atoms. The molecule has 0 aromatic heterocycles. The highest BCUT2D eigenvalue weighted by Crippen LogP contribution is 2.26. The van der Waals surface area contributed by atoms with Crippen LogP contribution in [0.25, 0.3) is 0 Å². The number of nitrogens with one attached hydrogen (secondary N) is 1. The summed E-state index contributed by atoms with van der Waals surface area (Å²) in [7, 11) is 1.10. The molecule has 136 valence electrons. The fourth-order valence-electron chi connectivity index (χ4n) is 2.82. The topological polar surface area (TPSA) is 95.9 Å². The molecule has 25 heavy (non-hydrogen) atoms. The molecule has 2 atom stereocenters. The van der Waals surface area contributed by atoms with E-state index in [4.69, 9.17) is 16.7 Å². The van der Waals surface area contributed by atoms with Crippen LogP contribution in [0.3, 0.4) is 0 Å². The number of methoxy groups -OCH3 is 1. The number of likely N-dealkylation sites (tertiary alicyclic amines) is 1. The average Bonchev–Trinajstić information content (AvgIpc) is 2.56. The zero-order valence-corrected chi connectivity index (χ0v) is 14.5. The predicted octanol–water partition coefficient (Wildman–Crippen LogP) is 2.84. The molecule has 0 spiro atoms. The van der Waals surface area contributed by atoms with Crippen molar-refractivity contribution in [2.24, 2.45) is 11.8 Å². The predicted molar refractivity (Wildman–Crippen MR) is 88.2 cm³/mol. The first-order valence-electron chi connectivity index (χ1n) is 7.59. The van der Waals surface area contributed by atoms with Crippen LogP contribution < -0.4 is 5.32 Å². The van der Waals surface area contributed by atoms with Gasteiger partial charge in [0.25, 0.3) is 0 Å². The fraction of sp³-hybridized carbons (Fsp3) is 0.438. The number of hydrogen-bond donors (Lipinski definition) is 2. The average molecular weight is 373 g/mol. The number of urea groups is 1. The molecule has 2 N–H and O–H groups in total. The number of rotatable bonds is 3. The van der Waals surface area contributed by atoms with Crippen LogP contribution in [0.2, 0.25) is 5.02 Å². The lowest BCUT2D eigenvalue weighted by Crippen LogP contribution is -2.47. The summed E-state index contributed by atoms with van der Waals surface area (Å²) in [6.45, 7) is 2.33. The highest BCUT2D eigenvalue weighted by molar-refractivity contribution is 6.31. The highest BCUT2D eigenvalue weighted by Gasteiger charge is 2.32. The lowest BCUT2D eigenvalue weighted by Gasteiger charge is -2.34. The van der Waals surface area contributed by atoms with Crippen LogP contribution in [0.15, 0.2) is 12.1 Å². The minimum Gasteiger partial charge on any atom is -0.481 e. The summed E-state index contributed by atoms with van der Waals surface area (Å²) in [5.41, 5.74) is -0.289. The van der Waals surface area contributed by atoms with Crippen LogP contribution >= 0.6 is 11.6 Å². The number of carboxylic acids is 1. The molecule has 0 aliphatic carbocycles. The van der Waals surface area contributed by atoms with Crippen molar-refractivity contribution in [3.05, 3.63) is 28.5 Å². The number of carbonyl (C=O) groups excluding carboxylic acids is 2. The van der Waals surface area contributed by atoms with Gasteiger partial charge in [-0.2, -0.15) is 0 Å². The van der Waals surface area contributed by atoms with Crippen LogP contribution in [0.4, 0.5) is 14.9 Å². The second kappa shape index (κ2) is 7.69. The van der Waals surface area contributed by atoms with Gasteiger partial charge in [-0.15, -0.1) is 0 Å². The molecule has 9 heteroatoms. The number of carbonyl (C=O) groups is 3. The van der Waals surface area contributed by atoms with E-state index in [1.807, 2.05) is 6.92 Å². The molecule has 1 fully saturated rings. The standard InChI is InChI=1S/C16H18ClFN2O5/c1-8-3-9(14(21)22)7-20(6-8)16(24)19-10-4-11(15(23)25-2)13(18)12(17)5-10/h4-5,8-9H,3,6-7H2,1-2H3,(H,19,24)(H,21,22). The number of amides is 2. The smallest absolute Gasteiger partial charge is 0.340 e. The monoisotopic (exact) mass is 372 g/mol. The first-order chi connectivity index (χ1) is 11.7. The SMILES string of the molecule is COC(=O)c1cc(NC(=O)N2CC(C)CC(C(=O)O)C2)cc(Cl)c1F. The van der Waals surface area contributed by atoms with Gasteiger partial charge < -0.3 is 20.1 Å². The van der Waals surface area contributed by atoms with E-state index in [2.05, 4.69) is 10.1 Å². The Morgan fingerprint density at radius 2 is 2.04 bits per heavy atom. The molecule has 0 radical (unpaired) electrons. The van der Waals surface area contributed by atoms with Crippen molar-refractivity contribution < 1.29 is 28.6 Å². The van der Waals surface area contributed by atoms with Crippen molar-refractivity contribution >= 4 is 35.3 Å². The molecule has 1 heterocycles. The van der Waals surface area contributed by atoms with Crippen LogP contribution in [0.1, 0.15) is 23.7 Å². The maximum Gasteiger partial charge on any atom is 0.340 e. The van der Waals surface area contributed by atoms with Crippen molar-refractivity contribution in [3.63, 3.8) is 0 Å². The lowest BCUT2D eigenvalue weighted by atomic mass is 9.91. The maximum absolute atomic E-state index is 13.9. The Morgan fingerprint density at radius 3 is 2.64 bits per heavy atom. The number of ether oxygens (including phenoxy) is 1. The summed E-state index contributed by atoms with van der Waals surface area (Å²) in [5.74, 6) is -3.43. The molecular weight excluding hydrogens is 355 g/mol. The molecule has 1 aromatic rings. The Morgan fingerprint density at radius 1 is 1.36 bits per heavy atom. The van der Waals surface area contributed by atoms with Crippen molar-refractivity contribution in [2.75, 3.05) is 25.5 Å². The minimum atomic E-state index is -0.956. The third-order valence-electron chi connectivity index (χ3n) is 3.98. The van der Waals surface area contributed by atoms with E-state index in [0.717, 1.165) is 13.2 Å². The number of piperidine rings is 1. The van der Waals surface area contributed by atoms with E-state index >= 15 is 0 Å². The van der Waals surface area contributed by atoms with Gasteiger partial charge in [0.15, 0.2) is 5.82 Å². The number of hydrogen-bond acceptors (Lipinski definition) is 4. The van der Waals surface area contributed by atoms with Gasteiger partial charge in [-0.25, -0.2) is 14.0 Å². The number of halogens is 2. The van der Waals surface area contributed by atoms with Crippen LogP contribution in [-0.2, 0) is 9.53 Å². The van der Waals surface area contributed by atoms with Crippen LogP contribution in [0.5, 0.6) is 0 Å². The third kappa shape index (κ3) is 4.39. The Balaban J connectivity index is 2.18. The summed E-state index contributed by atoms with van der Waals surface area (Å²) in [5, 5.41) is 11.3. The van der Waals surface area contributed by atoms with Crippen LogP contribution in [-0.4, -0.2) is 48.2 Å². The number of aliphatic carboxylic acids is 1. The van der Waals surface area contributed by atoms with Gasteiger partial charge in [-0.3, -0.25) is 4.79 Å². The summed E-state index contributed by atoms with van der Waals surface area (Å²) in [6, 6.07) is 1.74. The summed E-state index contributed by atoms with van der Waals surface area (Å²) in [4.78, 5) is 36.5. The van der Waals surface area contributed by atoms with Crippen molar-refractivity contribution in [1.29, 1.82) is 0 Å². The maximum atomic E-state index is 13.9. The van der Waals surface area contributed by atoms with E-state index in [9.17, 15) is 18.8 Å². The van der Waals surface area contributed by atoms with Gasteiger partial charge in [0.1, 0.15) is 0 Å². The number of esters is 1. The van der Waals surface area contributed by atoms with Gasteiger partial charge >= 0.3 is 18.0 Å². The second-order valence-electron chi connectivity index (χ2n) is 6.02. The van der Waals surface area contributed by atoms with E-state index in [1.165, 1.54) is 11.0 Å². The molecule has 1 aliphatic rings. The van der Waals surface area contributed by atoms with Gasteiger partial charge in [0, 0.05) is 18.8 Å². The Labute approximate surface area is 148 Å². The van der Waals surface area contributed by atoms with Gasteiger partial charge in [0.2, 0.25) is 0 Å². The lowest BCUT2D eigenvalue weighted by molar-refractivity contribution is -0.143. The number of anilines is 1. The number of benzene rings is 1. The minimum absolute atomic E-state index is 0.0306. The van der Waals surface area contributed by atoms with Crippen molar-refractivity contribution in [3.8, 4) is 0 Å². The van der Waals surface area contributed by atoms with E-state index in [0.29, 0.717) is 13.0 Å². The second-order valence-corrected chi connectivity index (χ2v) is 6.43. The van der Waals surface area contributed by atoms with Gasteiger partial charge in [-0.1, -0.05) is 18.5 Å². The summed E-state index contributed by atoms with van der Waals surface area (Å²) in [6.07, 6.45) is 0.494. The third-order valence-corrected chi connectivity index (χ3v) is 4.26. The molecular formula is C16H18ClFN2O5. The highest BCUT2D eigenvalue weighted by atomic mass is 35.5. The summed E-state index contributed by atoms with van der Waals surface area (Å²) >= 11 is 5.75. The Bertz CT molecular complexity index is 712. The van der Waals surface area contributed by atoms with Gasteiger partial charge in [-0.05, 0) is 24.5 Å². The van der Waals surface area contributed by atoms with E-state index < -0.39 is 35.3 Å². The van der Waals surface area contributed by atoms with Crippen molar-refractivity contribution in [1.82, 2.24) is 4.90 Å². The molecule has 2 unspecified atom stereocenters.